The first-order valence-corrected chi connectivity index (χ1v) is 7.63. The van der Waals surface area contributed by atoms with Gasteiger partial charge in [-0.2, -0.15) is 0 Å². The molecule has 2 atom stereocenters. The predicted octanol–water partition coefficient (Wildman–Crippen LogP) is 2.15. The zero-order chi connectivity index (χ0) is 16.9. The van der Waals surface area contributed by atoms with Crippen LogP contribution in [0.1, 0.15) is 47.0 Å². The molecular weight excluding hydrogens is 286 g/mol. The standard InChI is InChI=1S/C16H25NO5/c1-6-8-11(18)12-10(17-22-7-2)9-16(3,4)13(14(12)19)15(20)21-5/h12-13H,6-9H2,1-5H3/b17-10+/t12-,13-/m0/s1. The van der Waals surface area contributed by atoms with Crippen LogP contribution in [0.2, 0.25) is 0 Å². The molecule has 0 aliphatic heterocycles. The molecule has 6 nitrogen and oxygen atoms in total. The van der Waals surface area contributed by atoms with Crippen molar-refractivity contribution in [3.05, 3.63) is 0 Å². The predicted molar refractivity (Wildman–Crippen MR) is 81.4 cm³/mol. The number of rotatable bonds is 6. The summed E-state index contributed by atoms with van der Waals surface area (Å²) >= 11 is 0. The van der Waals surface area contributed by atoms with E-state index in [0.29, 0.717) is 25.2 Å². The number of esters is 1. The maximum atomic E-state index is 12.8. The fraction of sp³-hybridized carbons (Fsp3) is 0.750. The summed E-state index contributed by atoms with van der Waals surface area (Å²) in [6, 6.07) is 0. The summed E-state index contributed by atoms with van der Waals surface area (Å²) in [5, 5.41) is 3.97. The highest BCUT2D eigenvalue weighted by atomic mass is 16.6. The quantitative estimate of drug-likeness (QED) is 0.426. The number of Topliss-reactive ketones (excluding diaryl/α,β-unsaturated/α-hetero) is 2. The average molecular weight is 311 g/mol. The summed E-state index contributed by atoms with van der Waals surface area (Å²) in [6.45, 7) is 7.60. The second-order valence-electron chi connectivity index (χ2n) is 6.17. The first-order valence-electron chi connectivity index (χ1n) is 7.63. The van der Waals surface area contributed by atoms with Crippen molar-refractivity contribution in [2.24, 2.45) is 22.4 Å². The molecule has 0 unspecified atom stereocenters. The van der Waals surface area contributed by atoms with E-state index in [9.17, 15) is 14.4 Å². The van der Waals surface area contributed by atoms with Gasteiger partial charge < -0.3 is 9.57 Å². The van der Waals surface area contributed by atoms with Crippen molar-refractivity contribution in [1.82, 2.24) is 0 Å². The Morgan fingerprint density at radius 1 is 1.32 bits per heavy atom. The van der Waals surface area contributed by atoms with Gasteiger partial charge in [-0.25, -0.2) is 0 Å². The van der Waals surface area contributed by atoms with Crippen molar-refractivity contribution >= 4 is 23.2 Å². The average Bonchev–Trinajstić information content (AvgIpc) is 2.43. The van der Waals surface area contributed by atoms with Gasteiger partial charge in [-0.1, -0.05) is 25.9 Å². The van der Waals surface area contributed by atoms with Gasteiger partial charge in [0.05, 0.1) is 12.8 Å². The molecule has 1 rings (SSSR count). The number of nitrogens with zero attached hydrogens (tertiary/aromatic N) is 1. The largest absolute Gasteiger partial charge is 0.468 e. The van der Waals surface area contributed by atoms with Gasteiger partial charge in [0.2, 0.25) is 0 Å². The first kappa shape index (κ1) is 18.3. The molecule has 0 N–H and O–H groups in total. The minimum Gasteiger partial charge on any atom is -0.468 e. The normalized spacial score (nSPS) is 25.9. The highest BCUT2D eigenvalue weighted by Crippen LogP contribution is 2.41. The van der Waals surface area contributed by atoms with E-state index in [-0.39, 0.29) is 12.2 Å². The van der Waals surface area contributed by atoms with E-state index in [1.165, 1.54) is 7.11 Å². The molecule has 1 aliphatic rings. The van der Waals surface area contributed by atoms with Crippen LogP contribution in [-0.4, -0.2) is 37.0 Å². The lowest BCUT2D eigenvalue weighted by molar-refractivity contribution is -0.156. The molecule has 22 heavy (non-hydrogen) atoms. The second-order valence-corrected chi connectivity index (χ2v) is 6.17. The SMILES string of the molecule is CCCC(=O)[C@H]1C(=O)[C@@H](C(=O)OC)C(C)(C)C/C1=N\OCC. The number of methoxy groups -OCH3 is 1. The van der Waals surface area contributed by atoms with Gasteiger partial charge in [0.25, 0.3) is 0 Å². The Morgan fingerprint density at radius 2 is 1.95 bits per heavy atom. The van der Waals surface area contributed by atoms with Crippen LogP contribution in [-0.2, 0) is 24.0 Å². The lowest BCUT2D eigenvalue weighted by atomic mass is 9.62. The highest BCUT2D eigenvalue weighted by Gasteiger charge is 2.52. The molecule has 124 valence electrons. The molecule has 6 heteroatoms. The Morgan fingerprint density at radius 3 is 2.45 bits per heavy atom. The van der Waals surface area contributed by atoms with E-state index in [1.54, 1.807) is 20.8 Å². The van der Waals surface area contributed by atoms with E-state index in [4.69, 9.17) is 9.57 Å². The van der Waals surface area contributed by atoms with Crippen LogP contribution in [0.4, 0.5) is 0 Å². The Balaban J connectivity index is 3.25. The number of hydrogen-bond donors (Lipinski definition) is 0. The van der Waals surface area contributed by atoms with E-state index in [1.807, 2.05) is 6.92 Å². The molecule has 1 saturated carbocycles. The monoisotopic (exact) mass is 311 g/mol. The van der Waals surface area contributed by atoms with E-state index < -0.39 is 29.0 Å². The van der Waals surface area contributed by atoms with Crippen LogP contribution < -0.4 is 0 Å². The van der Waals surface area contributed by atoms with Crippen molar-refractivity contribution < 1.29 is 24.0 Å². The van der Waals surface area contributed by atoms with Crippen LogP contribution >= 0.6 is 0 Å². The molecule has 1 fully saturated rings. The van der Waals surface area contributed by atoms with Gasteiger partial charge in [0, 0.05) is 6.42 Å². The van der Waals surface area contributed by atoms with Gasteiger partial charge >= 0.3 is 5.97 Å². The third kappa shape index (κ3) is 3.72. The van der Waals surface area contributed by atoms with E-state index in [2.05, 4.69) is 5.16 Å². The van der Waals surface area contributed by atoms with Gasteiger partial charge in [0.15, 0.2) is 5.78 Å². The van der Waals surface area contributed by atoms with Crippen LogP contribution in [0.3, 0.4) is 0 Å². The molecule has 0 bridgehead atoms. The second kappa shape index (κ2) is 7.51. The Kier molecular flexibility index (Phi) is 6.26. The van der Waals surface area contributed by atoms with E-state index in [0.717, 1.165) is 0 Å². The number of ketones is 2. The van der Waals surface area contributed by atoms with Crippen LogP contribution in [0.25, 0.3) is 0 Å². The Bertz CT molecular complexity index is 481. The summed E-state index contributed by atoms with van der Waals surface area (Å²) in [4.78, 5) is 42.2. The van der Waals surface area contributed by atoms with Crippen molar-refractivity contribution in [2.75, 3.05) is 13.7 Å². The number of oxime groups is 1. The van der Waals surface area contributed by atoms with Gasteiger partial charge in [-0.15, -0.1) is 0 Å². The van der Waals surface area contributed by atoms with Crippen molar-refractivity contribution in [3.63, 3.8) is 0 Å². The molecule has 1 aliphatic carbocycles. The third-order valence-corrected chi connectivity index (χ3v) is 3.89. The van der Waals surface area contributed by atoms with Crippen molar-refractivity contribution in [2.45, 2.75) is 47.0 Å². The molecular formula is C16H25NO5. The van der Waals surface area contributed by atoms with Crippen LogP contribution in [0, 0.1) is 17.3 Å². The molecule has 0 aromatic carbocycles. The maximum Gasteiger partial charge on any atom is 0.316 e. The Hall–Kier alpha value is -1.72. The third-order valence-electron chi connectivity index (χ3n) is 3.89. The molecule has 0 spiro atoms. The van der Waals surface area contributed by atoms with Gasteiger partial charge in [0.1, 0.15) is 24.2 Å². The van der Waals surface area contributed by atoms with Gasteiger partial charge in [-0.05, 0) is 25.2 Å². The fourth-order valence-corrected chi connectivity index (χ4v) is 2.91. The van der Waals surface area contributed by atoms with Crippen LogP contribution in [0.15, 0.2) is 5.16 Å². The summed E-state index contributed by atoms with van der Waals surface area (Å²) in [5.41, 5.74) is -0.251. The zero-order valence-electron chi connectivity index (χ0n) is 14.0. The molecule has 0 radical (unpaired) electrons. The maximum absolute atomic E-state index is 12.8. The molecule has 0 saturated heterocycles. The molecule has 0 aromatic rings. The molecule has 0 heterocycles. The number of hydrogen-bond acceptors (Lipinski definition) is 6. The van der Waals surface area contributed by atoms with Crippen molar-refractivity contribution in [3.8, 4) is 0 Å². The zero-order valence-corrected chi connectivity index (χ0v) is 14.0. The minimum absolute atomic E-state index is 0.213. The Labute approximate surface area is 131 Å². The van der Waals surface area contributed by atoms with Gasteiger partial charge in [-0.3, -0.25) is 14.4 Å². The summed E-state index contributed by atoms with van der Waals surface area (Å²) in [6.07, 6.45) is 1.26. The molecule has 0 amide bonds. The number of carbonyl (C=O) groups is 3. The molecule has 0 aromatic heterocycles. The number of ether oxygens (including phenoxy) is 1. The highest BCUT2D eigenvalue weighted by molar-refractivity contribution is 6.26. The lowest BCUT2D eigenvalue weighted by Gasteiger charge is -2.39. The first-order chi connectivity index (χ1) is 10.3. The summed E-state index contributed by atoms with van der Waals surface area (Å²) in [7, 11) is 1.25. The topological polar surface area (TPSA) is 82.0 Å². The van der Waals surface area contributed by atoms with Crippen LogP contribution in [0.5, 0.6) is 0 Å². The smallest absolute Gasteiger partial charge is 0.316 e. The number of carbonyl (C=O) groups excluding carboxylic acids is 3. The fourth-order valence-electron chi connectivity index (χ4n) is 2.91. The summed E-state index contributed by atoms with van der Waals surface area (Å²) < 4.78 is 4.76. The lowest BCUT2D eigenvalue weighted by Crippen LogP contribution is -2.52. The minimum atomic E-state index is -0.997. The summed E-state index contributed by atoms with van der Waals surface area (Å²) in [5.74, 6) is -3.19. The van der Waals surface area contributed by atoms with E-state index >= 15 is 0 Å². The van der Waals surface area contributed by atoms with Crippen molar-refractivity contribution in [1.29, 1.82) is 0 Å².